The molecule has 2 heteroatoms. The lowest BCUT2D eigenvalue weighted by Gasteiger charge is -2.29. The molecule has 0 spiro atoms. The van der Waals surface area contributed by atoms with E-state index in [1.54, 1.807) is 0 Å². The van der Waals surface area contributed by atoms with Crippen molar-refractivity contribution < 1.29 is 0 Å². The minimum Gasteiger partial charge on any atom is -0.301 e. The number of rotatable bonds is 7. The molecule has 0 fully saturated rings. The van der Waals surface area contributed by atoms with Gasteiger partial charge in [-0.05, 0) is 25.9 Å². The van der Waals surface area contributed by atoms with Crippen LogP contribution in [-0.4, -0.2) is 38.2 Å². The van der Waals surface area contributed by atoms with E-state index >= 15 is 0 Å². The smallest absolute Gasteiger partial charge is 0.255 e. The molecule has 0 aliphatic heterocycles. The van der Waals surface area contributed by atoms with Crippen LogP contribution in [0, 0.1) is 0 Å². The molecule has 1 atom stereocenters. The highest BCUT2D eigenvalue weighted by molar-refractivity contribution is 6.55. The maximum absolute atomic E-state index is 2.61. The molecule has 0 rings (SSSR count). The zero-order valence-corrected chi connectivity index (χ0v) is 11.3. The Morgan fingerprint density at radius 1 is 1.08 bits per heavy atom. The van der Waals surface area contributed by atoms with E-state index in [1.807, 2.05) is 0 Å². The van der Waals surface area contributed by atoms with Crippen molar-refractivity contribution in [3.63, 3.8) is 0 Å². The van der Waals surface area contributed by atoms with Crippen LogP contribution in [0.2, 0.25) is 16.9 Å². The molecule has 0 bridgehead atoms. The number of hydrogen-bond donors (Lipinski definition) is 0. The molecule has 0 aliphatic carbocycles. The van der Waals surface area contributed by atoms with Crippen LogP contribution >= 0.6 is 0 Å². The Morgan fingerprint density at radius 3 is 1.92 bits per heavy atom. The van der Waals surface area contributed by atoms with E-state index in [-0.39, 0.29) is 14.1 Å². The van der Waals surface area contributed by atoms with Crippen molar-refractivity contribution >= 4 is 14.1 Å². The van der Waals surface area contributed by atoms with Crippen molar-refractivity contribution in [2.75, 3.05) is 13.1 Å². The van der Waals surface area contributed by atoms with E-state index in [0.29, 0.717) is 0 Å². The Bertz CT molecular complexity index is 111. The van der Waals surface area contributed by atoms with Gasteiger partial charge in [0.2, 0.25) is 0 Å². The Hall–Kier alpha value is 0.492. The Labute approximate surface area is 88.9 Å². The second kappa shape index (κ2) is 7.86. The van der Waals surface area contributed by atoms with Crippen LogP contribution in [0.1, 0.15) is 33.6 Å². The SMILES string of the molecule is CCC(C[CH2][Al]([CH3])[CH3])N(CC)CC. The van der Waals surface area contributed by atoms with E-state index in [2.05, 4.69) is 37.2 Å². The number of hydrogen-bond acceptors (Lipinski definition) is 1. The van der Waals surface area contributed by atoms with Crippen LogP contribution in [0.15, 0.2) is 0 Å². The Kier molecular flexibility index (Phi) is 8.15. The lowest BCUT2D eigenvalue weighted by Crippen LogP contribution is -2.34. The first-order chi connectivity index (χ1) is 6.15. The first-order valence-corrected chi connectivity index (χ1v) is 9.02. The van der Waals surface area contributed by atoms with Gasteiger partial charge in [-0.25, -0.2) is 0 Å². The lowest BCUT2D eigenvalue weighted by atomic mass is 10.1. The predicted molar refractivity (Wildman–Crippen MR) is 63.9 cm³/mol. The van der Waals surface area contributed by atoms with Gasteiger partial charge < -0.3 is 4.90 Å². The van der Waals surface area contributed by atoms with Gasteiger partial charge in [-0.15, -0.1) is 11.6 Å². The predicted octanol–water partition coefficient (Wildman–Crippen LogP) is 3.25. The molecule has 0 aromatic heterocycles. The average molecular weight is 199 g/mol. The molecule has 1 nitrogen and oxygen atoms in total. The quantitative estimate of drug-likeness (QED) is 0.569. The third-order valence-corrected chi connectivity index (χ3v) is 4.37. The van der Waals surface area contributed by atoms with Gasteiger partial charge in [0.05, 0.1) is 0 Å². The molecule has 0 heterocycles. The monoisotopic (exact) mass is 199 g/mol. The fourth-order valence-electron chi connectivity index (χ4n) is 1.91. The highest BCUT2D eigenvalue weighted by Crippen LogP contribution is 2.12. The second-order valence-electron chi connectivity index (χ2n) is 4.25. The largest absolute Gasteiger partial charge is 0.301 e. The second-order valence-corrected chi connectivity index (χ2v) is 7.62. The standard InChI is InChI=1S/C9H20N.2CH3.Al/c1-5-9(6-2)10(7-3)8-4;;;/h9H,1,5-8H2,2-4H3;2*1H3;. The molecule has 0 amide bonds. The molecular formula is C11H26AlN. The van der Waals surface area contributed by atoms with Crippen molar-refractivity contribution in [2.45, 2.75) is 56.5 Å². The minimum absolute atomic E-state index is 0.331. The van der Waals surface area contributed by atoms with Crippen molar-refractivity contribution in [1.82, 2.24) is 4.90 Å². The molecule has 0 aromatic rings. The van der Waals surface area contributed by atoms with Crippen molar-refractivity contribution in [1.29, 1.82) is 0 Å². The summed E-state index contributed by atoms with van der Waals surface area (Å²) in [7, 11) is 0. The van der Waals surface area contributed by atoms with E-state index in [0.717, 1.165) is 6.04 Å². The molecule has 0 N–H and O–H groups in total. The van der Waals surface area contributed by atoms with Crippen LogP contribution in [0.5, 0.6) is 0 Å². The summed E-state index contributed by atoms with van der Waals surface area (Å²) in [6, 6.07) is 0.852. The maximum Gasteiger partial charge on any atom is 0.255 e. The minimum atomic E-state index is -0.331. The molecule has 13 heavy (non-hydrogen) atoms. The zero-order valence-electron chi connectivity index (χ0n) is 10.1. The van der Waals surface area contributed by atoms with Gasteiger partial charge in [0.15, 0.2) is 0 Å². The van der Waals surface area contributed by atoms with Crippen LogP contribution in [-0.2, 0) is 0 Å². The van der Waals surface area contributed by atoms with Crippen molar-refractivity contribution in [3.05, 3.63) is 0 Å². The summed E-state index contributed by atoms with van der Waals surface area (Å²) >= 11 is -0.331. The normalized spacial score (nSPS) is 13.4. The van der Waals surface area contributed by atoms with Gasteiger partial charge in [-0.2, -0.15) is 0 Å². The average Bonchev–Trinajstić information content (AvgIpc) is 2.11. The van der Waals surface area contributed by atoms with Crippen LogP contribution in [0.3, 0.4) is 0 Å². The summed E-state index contributed by atoms with van der Waals surface area (Å²) in [6.45, 7) is 9.31. The van der Waals surface area contributed by atoms with Gasteiger partial charge in [-0.1, -0.05) is 26.1 Å². The van der Waals surface area contributed by atoms with Crippen LogP contribution in [0.4, 0.5) is 0 Å². The van der Waals surface area contributed by atoms with E-state index in [9.17, 15) is 0 Å². The molecule has 1 unspecified atom stereocenters. The van der Waals surface area contributed by atoms with E-state index < -0.39 is 0 Å². The third kappa shape index (κ3) is 5.73. The lowest BCUT2D eigenvalue weighted by molar-refractivity contribution is 0.205. The van der Waals surface area contributed by atoms with Crippen LogP contribution in [0.25, 0.3) is 0 Å². The highest BCUT2D eigenvalue weighted by atomic mass is 27.2. The molecule has 78 valence electrons. The van der Waals surface area contributed by atoms with Crippen LogP contribution < -0.4 is 0 Å². The Balaban J connectivity index is 3.85. The van der Waals surface area contributed by atoms with Gasteiger partial charge in [-0.3, -0.25) is 0 Å². The molecule has 0 aliphatic rings. The van der Waals surface area contributed by atoms with Gasteiger partial charge in [0.25, 0.3) is 14.1 Å². The molecule has 0 radical (unpaired) electrons. The zero-order chi connectivity index (χ0) is 10.3. The maximum atomic E-state index is 2.61. The van der Waals surface area contributed by atoms with Gasteiger partial charge in [0, 0.05) is 6.04 Å². The van der Waals surface area contributed by atoms with E-state index in [4.69, 9.17) is 0 Å². The fraction of sp³-hybridized carbons (Fsp3) is 1.00. The first-order valence-electron chi connectivity index (χ1n) is 5.89. The summed E-state index contributed by atoms with van der Waals surface area (Å²) in [5.74, 6) is 4.91. The third-order valence-electron chi connectivity index (χ3n) is 2.88. The fourth-order valence-corrected chi connectivity index (χ4v) is 2.96. The summed E-state index contributed by atoms with van der Waals surface area (Å²) < 4.78 is 0. The highest BCUT2D eigenvalue weighted by Gasteiger charge is 2.14. The Morgan fingerprint density at radius 2 is 1.62 bits per heavy atom. The topological polar surface area (TPSA) is 3.24 Å². The summed E-state index contributed by atoms with van der Waals surface area (Å²) in [4.78, 5) is 2.61. The summed E-state index contributed by atoms with van der Waals surface area (Å²) in [5, 5.41) is 1.51. The van der Waals surface area contributed by atoms with Crippen molar-refractivity contribution in [2.24, 2.45) is 0 Å². The molecule has 0 saturated carbocycles. The molecule has 0 aromatic carbocycles. The van der Waals surface area contributed by atoms with Crippen molar-refractivity contribution in [3.8, 4) is 0 Å². The van der Waals surface area contributed by atoms with Gasteiger partial charge in [0.1, 0.15) is 0 Å². The summed E-state index contributed by atoms with van der Waals surface area (Å²) in [5.41, 5.74) is 0. The first kappa shape index (κ1) is 13.5. The number of nitrogens with zero attached hydrogens (tertiary/aromatic N) is 1. The molecule has 0 saturated heterocycles. The van der Waals surface area contributed by atoms with E-state index in [1.165, 1.54) is 31.2 Å². The molecular weight excluding hydrogens is 173 g/mol. The van der Waals surface area contributed by atoms with Gasteiger partial charge >= 0.3 is 0 Å². The summed E-state index contributed by atoms with van der Waals surface area (Å²) in [6.07, 6.45) is 2.75.